The van der Waals surface area contributed by atoms with Gasteiger partial charge in [0, 0.05) is 25.8 Å². The van der Waals surface area contributed by atoms with Crippen LogP contribution >= 0.6 is 0 Å². The number of hydrogen-bond donors (Lipinski definition) is 1. The van der Waals surface area contributed by atoms with Gasteiger partial charge >= 0.3 is 6.19 Å². The summed E-state index contributed by atoms with van der Waals surface area (Å²) in [5.74, 6) is -2.95. The molecule has 0 fully saturated rings. The van der Waals surface area contributed by atoms with E-state index in [2.05, 4.69) is 4.98 Å². The van der Waals surface area contributed by atoms with Gasteiger partial charge in [-0.25, -0.2) is 0 Å². The zero-order valence-corrected chi connectivity index (χ0v) is 10.9. The largest absolute Gasteiger partial charge is 0.467 e. The lowest BCUT2D eigenvalue weighted by Crippen LogP contribution is -2.14. The summed E-state index contributed by atoms with van der Waals surface area (Å²) in [6.45, 7) is 1.12. The van der Waals surface area contributed by atoms with Crippen molar-refractivity contribution in [2.45, 2.75) is 19.3 Å². The fraction of sp³-hybridized carbons (Fsp3) is 0.455. The molecule has 0 saturated heterocycles. The van der Waals surface area contributed by atoms with Gasteiger partial charge in [-0.15, -0.1) is 3.95 Å². The first-order chi connectivity index (χ1) is 8.34. The summed E-state index contributed by atoms with van der Waals surface area (Å²) >= 11 is 0. The Hall–Kier alpha value is -1.39. The molecule has 0 aliphatic carbocycles. The van der Waals surface area contributed by atoms with Crippen LogP contribution in [0.1, 0.15) is 18.2 Å². The minimum atomic E-state index is -2.95. The second-order valence-corrected chi connectivity index (χ2v) is 5.17. The van der Waals surface area contributed by atoms with E-state index in [-0.39, 0.29) is 5.69 Å². The molecule has 98 valence electrons. The van der Waals surface area contributed by atoms with Crippen LogP contribution in [0.15, 0.2) is 18.3 Å². The van der Waals surface area contributed by atoms with Crippen LogP contribution in [0.25, 0.3) is 0 Å². The smallest absolute Gasteiger partial charge is 0.306 e. The first kappa shape index (κ1) is 14.7. The lowest BCUT2D eigenvalue weighted by molar-refractivity contribution is -0.414. The molecule has 7 heteroatoms. The van der Waals surface area contributed by atoms with Crippen molar-refractivity contribution in [3.63, 3.8) is 0 Å². The second-order valence-electron chi connectivity index (χ2n) is 3.84. The highest BCUT2D eigenvalue weighted by Crippen LogP contribution is 2.24. The fourth-order valence-corrected chi connectivity index (χ4v) is 1.78. The highest BCUT2D eigenvalue weighted by molar-refractivity contribution is 7.78. The molecular weight excluding hydrogens is 260 g/mol. The van der Waals surface area contributed by atoms with Crippen molar-refractivity contribution >= 4 is 11.0 Å². The van der Waals surface area contributed by atoms with Crippen molar-refractivity contribution in [2.75, 3.05) is 12.8 Å². The van der Waals surface area contributed by atoms with Crippen molar-refractivity contribution in [1.29, 1.82) is 5.26 Å². The highest BCUT2D eigenvalue weighted by atomic mass is 32.2. The lowest BCUT2D eigenvalue weighted by Gasteiger charge is -2.09. The van der Waals surface area contributed by atoms with Gasteiger partial charge < -0.3 is 4.55 Å². The first-order valence-electron chi connectivity index (χ1n) is 5.20. The number of hydrogen-bond acceptors (Lipinski definition) is 2. The Morgan fingerprint density at radius 2 is 2.22 bits per heavy atom. The summed E-state index contributed by atoms with van der Waals surface area (Å²) < 4.78 is 36.3. The molecule has 0 aliphatic rings. The summed E-state index contributed by atoms with van der Waals surface area (Å²) in [7, 11) is -1.11. The topological polar surface area (TPSA) is 59.9 Å². The molecule has 1 rings (SSSR count). The molecular formula is C11H14F2N3OS+. The SMILES string of the molecule is CS(O)=[N+](C#N)CCc1ccc(C(C)(F)F)nc1. The average Bonchev–Trinajstić information content (AvgIpc) is 2.29. The molecule has 1 unspecified atom stereocenters. The third-order valence-corrected chi connectivity index (χ3v) is 3.21. The molecule has 0 radical (unpaired) electrons. The number of pyridine rings is 1. The Balaban J connectivity index is 2.72. The third-order valence-electron chi connectivity index (χ3n) is 2.31. The van der Waals surface area contributed by atoms with Crippen LogP contribution in [0.3, 0.4) is 0 Å². The van der Waals surface area contributed by atoms with Crippen LogP contribution in [-0.2, 0) is 23.3 Å². The van der Waals surface area contributed by atoms with E-state index >= 15 is 0 Å². The van der Waals surface area contributed by atoms with Crippen LogP contribution in [0.2, 0.25) is 0 Å². The number of nitrogens with zero attached hydrogens (tertiary/aromatic N) is 3. The molecule has 1 aromatic heterocycles. The van der Waals surface area contributed by atoms with Gasteiger partial charge in [-0.3, -0.25) is 4.98 Å². The van der Waals surface area contributed by atoms with Crippen LogP contribution in [0.5, 0.6) is 0 Å². The van der Waals surface area contributed by atoms with Crippen molar-refractivity contribution in [2.24, 2.45) is 0 Å². The molecule has 0 aromatic carbocycles. The van der Waals surface area contributed by atoms with E-state index in [1.54, 1.807) is 6.07 Å². The number of rotatable bonds is 4. The van der Waals surface area contributed by atoms with Crippen LogP contribution in [-0.4, -0.2) is 26.3 Å². The molecule has 18 heavy (non-hydrogen) atoms. The van der Waals surface area contributed by atoms with Crippen molar-refractivity contribution in [1.82, 2.24) is 4.98 Å². The van der Waals surface area contributed by atoms with Gasteiger partial charge in [0.2, 0.25) is 0 Å². The first-order valence-corrected chi connectivity index (χ1v) is 6.75. The predicted octanol–water partition coefficient (Wildman–Crippen LogP) is 2.13. The Kier molecular flexibility index (Phi) is 4.87. The summed E-state index contributed by atoms with van der Waals surface area (Å²) in [6, 6.07) is 2.83. The zero-order valence-electron chi connectivity index (χ0n) is 10.1. The van der Waals surface area contributed by atoms with E-state index < -0.39 is 16.9 Å². The Morgan fingerprint density at radius 3 is 2.61 bits per heavy atom. The van der Waals surface area contributed by atoms with Crippen LogP contribution < -0.4 is 0 Å². The number of alkyl halides is 2. The maximum atomic E-state index is 12.9. The molecule has 0 spiro atoms. The maximum Gasteiger partial charge on any atom is 0.467 e. The zero-order chi connectivity index (χ0) is 13.8. The molecule has 0 saturated carbocycles. The van der Waals surface area contributed by atoms with E-state index in [0.717, 1.165) is 12.5 Å². The normalized spacial score (nSPS) is 13.9. The van der Waals surface area contributed by atoms with Crippen LogP contribution in [0, 0.1) is 11.5 Å². The Labute approximate surface area is 107 Å². The van der Waals surface area contributed by atoms with E-state index in [0.29, 0.717) is 13.0 Å². The van der Waals surface area contributed by atoms with E-state index in [9.17, 15) is 13.3 Å². The van der Waals surface area contributed by atoms with Crippen molar-refractivity contribution < 1.29 is 17.3 Å². The van der Waals surface area contributed by atoms with Gasteiger partial charge in [-0.05, 0) is 11.6 Å². The molecule has 1 atom stereocenters. The van der Waals surface area contributed by atoms with Crippen molar-refractivity contribution in [3.05, 3.63) is 29.6 Å². The molecule has 1 N–H and O–H groups in total. The summed E-state index contributed by atoms with van der Waals surface area (Å²) in [5.41, 5.74) is 0.467. The molecule has 1 heterocycles. The molecule has 4 nitrogen and oxygen atoms in total. The summed E-state index contributed by atoms with van der Waals surface area (Å²) in [5, 5.41) is 8.73. The molecule has 1 aromatic rings. The van der Waals surface area contributed by atoms with Gasteiger partial charge in [-0.2, -0.15) is 8.78 Å². The predicted molar refractivity (Wildman–Crippen MR) is 64.2 cm³/mol. The number of nitriles is 1. The standard InChI is InChI=1S/C11H13F2N3OS/c1-11(12,13)10-4-3-9(7-15-10)5-6-16(8-14)18(2)17/h3-4,7H,5-6H2,1-2H3/p+1. The van der Waals surface area contributed by atoms with E-state index in [1.165, 1.54) is 22.5 Å². The van der Waals surface area contributed by atoms with Gasteiger partial charge in [0.1, 0.15) is 23.2 Å². The fourth-order valence-electron chi connectivity index (χ4n) is 1.30. The number of halogens is 2. The van der Waals surface area contributed by atoms with Gasteiger partial charge in [0.05, 0.1) is 0 Å². The lowest BCUT2D eigenvalue weighted by atomic mass is 10.1. The molecule has 0 bridgehead atoms. The van der Waals surface area contributed by atoms with Crippen molar-refractivity contribution in [3.8, 4) is 6.19 Å². The second kappa shape index (κ2) is 5.98. The highest BCUT2D eigenvalue weighted by Gasteiger charge is 2.25. The van der Waals surface area contributed by atoms with Gasteiger partial charge in [-0.1, -0.05) is 6.07 Å². The van der Waals surface area contributed by atoms with E-state index in [1.807, 2.05) is 6.19 Å². The maximum absolute atomic E-state index is 12.9. The average molecular weight is 274 g/mol. The monoisotopic (exact) mass is 274 g/mol. The minimum absolute atomic E-state index is 0.277. The Bertz CT molecular complexity index is 484. The minimum Gasteiger partial charge on any atom is -0.306 e. The molecule has 0 amide bonds. The van der Waals surface area contributed by atoms with Crippen LogP contribution in [0.4, 0.5) is 8.78 Å². The van der Waals surface area contributed by atoms with E-state index in [4.69, 9.17) is 5.26 Å². The van der Waals surface area contributed by atoms with Gasteiger partial charge in [0.15, 0.2) is 5.26 Å². The Morgan fingerprint density at radius 1 is 1.56 bits per heavy atom. The number of aromatic nitrogens is 1. The molecule has 0 aliphatic heterocycles. The summed E-state index contributed by atoms with van der Waals surface area (Å²) in [4.78, 5) is 3.69. The van der Waals surface area contributed by atoms with Gasteiger partial charge in [0.25, 0.3) is 5.92 Å². The third kappa shape index (κ3) is 4.13. The summed E-state index contributed by atoms with van der Waals surface area (Å²) in [6.07, 6.45) is 5.21. The quantitative estimate of drug-likeness (QED) is 0.520.